The third-order valence-electron chi connectivity index (χ3n) is 1.93. The summed E-state index contributed by atoms with van der Waals surface area (Å²) in [6, 6.07) is 8.14. The Balaban J connectivity index is 3.12. The number of oxime groups is 1. The van der Waals surface area contributed by atoms with Gasteiger partial charge in [-0.2, -0.15) is 5.26 Å². The van der Waals surface area contributed by atoms with E-state index in [4.69, 9.17) is 10.7 Å². The van der Waals surface area contributed by atoms with Gasteiger partial charge in [0.2, 0.25) is 0 Å². The van der Waals surface area contributed by atoms with Crippen molar-refractivity contribution < 1.29 is 4.84 Å². The fourth-order valence-electron chi connectivity index (χ4n) is 1.16. The topological polar surface area (TPSA) is 98.7 Å². The van der Waals surface area contributed by atoms with E-state index in [9.17, 15) is 4.91 Å². The van der Waals surface area contributed by atoms with Crippen LogP contribution in [0.25, 0.3) is 5.70 Å². The van der Waals surface area contributed by atoms with Crippen LogP contribution >= 0.6 is 0 Å². The number of nitroso groups, excluding NO2 is 1. The van der Waals surface area contributed by atoms with Gasteiger partial charge in [0, 0.05) is 17.0 Å². The lowest BCUT2D eigenvalue weighted by molar-refractivity contribution is 0.214. The van der Waals surface area contributed by atoms with Gasteiger partial charge in [0.1, 0.15) is 13.2 Å². The first-order valence-electron chi connectivity index (χ1n) is 4.52. The number of benzene rings is 1. The summed E-state index contributed by atoms with van der Waals surface area (Å²) in [6.07, 6.45) is 0. The molecule has 0 saturated carbocycles. The molecule has 0 radical (unpaired) electrons. The van der Waals surface area contributed by atoms with Gasteiger partial charge in [-0.25, -0.2) is 0 Å². The van der Waals surface area contributed by atoms with Crippen molar-refractivity contribution in [3.8, 4) is 6.07 Å². The van der Waals surface area contributed by atoms with Crippen LogP contribution in [0.3, 0.4) is 0 Å². The molecule has 6 nitrogen and oxygen atoms in total. The molecule has 1 aromatic carbocycles. The van der Waals surface area contributed by atoms with Gasteiger partial charge in [0.25, 0.3) is 0 Å². The lowest BCUT2D eigenvalue weighted by Crippen LogP contribution is -1.98. The van der Waals surface area contributed by atoms with Crippen LogP contribution < -0.4 is 0 Å². The summed E-state index contributed by atoms with van der Waals surface area (Å²) >= 11 is 0. The number of hydrogen-bond acceptors (Lipinski definition) is 6. The monoisotopic (exact) mass is 228 g/mol. The molecule has 17 heavy (non-hydrogen) atoms. The molecule has 0 amide bonds. The smallest absolute Gasteiger partial charge is 0.186 e. The normalized spacial score (nSPS) is 10.0. The fraction of sp³-hybridized carbons (Fsp3) is 0.0909. The van der Waals surface area contributed by atoms with Gasteiger partial charge >= 0.3 is 0 Å². The second-order valence-corrected chi connectivity index (χ2v) is 2.88. The zero-order valence-corrected chi connectivity index (χ0v) is 8.97. The Morgan fingerprint density at radius 1 is 1.35 bits per heavy atom. The van der Waals surface area contributed by atoms with Crippen molar-refractivity contribution in [1.29, 1.82) is 10.7 Å². The number of nitriles is 1. The van der Waals surface area contributed by atoms with Crippen LogP contribution in [0.15, 0.2) is 34.6 Å². The molecule has 0 heterocycles. The largest absolute Gasteiger partial charge is 0.398 e. The highest BCUT2D eigenvalue weighted by Crippen LogP contribution is 2.14. The second kappa shape index (κ2) is 5.95. The Labute approximate surface area is 97.3 Å². The van der Waals surface area contributed by atoms with E-state index in [1.54, 1.807) is 24.3 Å². The predicted molar refractivity (Wildman–Crippen MR) is 62.5 cm³/mol. The number of rotatable bonds is 4. The van der Waals surface area contributed by atoms with Gasteiger partial charge in [0.15, 0.2) is 11.4 Å². The maximum Gasteiger partial charge on any atom is 0.186 e. The summed E-state index contributed by atoms with van der Waals surface area (Å²) in [5.74, 6) is 1.92. The zero-order chi connectivity index (χ0) is 12.7. The molecule has 0 spiro atoms. The van der Waals surface area contributed by atoms with Crippen molar-refractivity contribution in [1.82, 2.24) is 0 Å². The molecule has 1 aromatic rings. The lowest BCUT2D eigenvalue weighted by Gasteiger charge is -1.99. The van der Waals surface area contributed by atoms with Gasteiger partial charge in [-0.1, -0.05) is 29.4 Å². The highest BCUT2D eigenvalue weighted by atomic mass is 16.6. The summed E-state index contributed by atoms with van der Waals surface area (Å²) in [5.41, 5.74) is 1.03. The molecule has 0 unspecified atom stereocenters. The van der Waals surface area contributed by atoms with Crippen molar-refractivity contribution in [2.75, 3.05) is 7.11 Å². The molecule has 0 fully saturated rings. The SMILES string of the molecule is CO/N=C(\C#N)c1ccc(C(=C=N)N=O)cc1. The average Bonchev–Trinajstić information content (AvgIpc) is 2.38. The summed E-state index contributed by atoms with van der Waals surface area (Å²) in [6.45, 7) is 0. The van der Waals surface area contributed by atoms with Crippen LogP contribution in [-0.4, -0.2) is 18.7 Å². The minimum Gasteiger partial charge on any atom is -0.398 e. The molecule has 0 atom stereocenters. The highest BCUT2D eigenvalue weighted by Gasteiger charge is 2.05. The van der Waals surface area contributed by atoms with Crippen molar-refractivity contribution in [3.05, 3.63) is 40.3 Å². The average molecular weight is 228 g/mol. The van der Waals surface area contributed by atoms with Crippen LogP contribution in [-0.2, 0) is 4.84 Å². The van der Waals surface area contributed by atoms with Crippen molar-refractivity contribution in [3.63, 3.8) is 0 Å². The third-order valence-corrected chi connectivity index (χ3v) is 1.93. The summed E-state index contributed by atoms with van der Waals surface area (Å²) in [5, 5.41) is 21.9. The Morgan fingerprint density at radius 2 is 1.94 bits per heavy atom. The first-order valence-corrected chi connectivity index (χ1v) is 4.52. The van der Waals surface area contributed by atoms with E-state index in [-0.39, 0.29) is 11.4 Å². The minimum absolute atomic E-state index is 0.0984. The molecule has 1 rings (SSSR count). The van der Waals surface area contributed by atoms with Gasteiger partial charge in [0.05, 0.1) is 0 Å². The Morgan fingerprint density at radius 3 is 2.35 bits per heavy atom. The highest BCUT2D eigenvalue weighted by molar-refractivity contribution is 6.11. The van der Waals surface area contributed by atoms with Crippen LogP contribution in [0.5, 0.6) is 0 Å². The van der Waals surface area contributed by atoms with Crippen molar-refractivity contribution in [2.45, 2.75) is 0 Å². The number of nitrogens with one attached hydrogen (secondary N) is 1. The van der Waals surface area contributed by atoms with Gasteiger partial charge < -0.3 is 4.84 Å². The molecule has 6 heteroatoms. The second-order valence-electron chi connectivity index (χ2n) is 2.88. The molecule has 84 valence electrons. The van der Waals surface area contributed by atoms with Gasteiger partial charge in [-0.3, -0.25) is 5.41 Å². The minimum atomic E-state index is -0.0984. The molecular weight excluding hydrogens is 220 g/mol. The van der Waals surface area contributed by atoms with E-state index in [2.05, 4.69) is 15.2 Å². The van der Waals surface area contributed by atoms with Gasteiger partial charge in [-0.05, 0) is 5.18 Å². The third kappa shape index (κ3) is 2.84. The molecule has 0 aliphatic rings. The van der Waals surface area contributed by atoms with Crippen LogP contribution in [0.4, 0.5) is 0 Å². The first kappa shape index (κ1) is 12.3. The van der Waals surface area contributed by atoms with E-state index in [1.165, 1.54) is 7.11 Å². The Kier molecular flexibility index (Phi) is 4.31. The number of hydrogen-bond donors (Lipinski definition) is 1. The van der Waals surface area contributed by atoms with E-state index in [1.807, 2.05) is 11.9 Å². The first-order chi connectivity index (χ1) is 8.26. The standard InChI is InChI=1S/C11H8N4O2/c1-17-15-11(7-13)9-4-2-8(3-5-9)10(6-12)14-16/h2-5,12H,1H3/b15-11+. The quantitative estimate of drug-likeness (QED) is 0.484. The molecule has 0 aliphatic heterocycles. The van der Waals surface area contributed by atoms with Crippen LogP contribution in [0, 0.1) is 21.6 Å². The van der Waals surface area contributed by atoms with E-state index in [0.29, 0.717) is 11.1 Å². The Bertz CT molecular complexity index is 534. The van der Waals surface area contributed by atoms with E-state index < -0.39 is 0 Å². The summed E-state index contributed by atoms with van der Waals surface area (Å²) < 4.78 is 0. The molecule has 0 aromatic heterocycles. The van der Waals surface area contributed by atoms with Crippen LogP contribution in [0.2, 0.25) is 0 Å². The van der Waals surface area contributed by atoms with Gasteiger partial charge in [-0.15, -0.1) is 4.91 Å². The Hall–Kier alpha value is -2.77. The predicted octanol–water partition coefficient (Wildman–Crippen LogP) is 1.92. The fourth-order valence-corrected chi connectivity index (χ4v) is 1.16. The summed E-state index contributed by atoms with van der Waals surface area (Å²) in [4.78, 5) is 14.9. The van der Waals surface area contributed by atoms with Crippen LogP contribution in [0.1, 0.15) is 11.1 Å². The molecule has 0 saturated heterocycles. The molecule has 0 bridgehead atoms. The molecule has 1 N–H and O–H groups in total. The zero-order valence-electron chi connectivity index (χ0n) is 8.97. The molecule has 0 aliphatic carbocycles. The lowest BCUT2D eigenvalue weighted by atomic mass is 10.1. The maximum absolute atomic E-state index is 10.3. The number of nitrogens with zero attached hydrogens (tertiary/aromatic N) is 3. The van der Waals surface area contributed by atoms with E-state index in [0.717, 1.165) is 0 Å². The molecular formula is C11H8N4O2. The van der Waals surface area contributed by atoms with Crippen molar-refractivity contribution >= 4 is 17.3 Å². The van der Waals surface area contributed by atoms with E-state index >= 15 is 0 Å². The van der Waals surface area contributed by atoms with Crippen molar-refractivity contribution in [2.24, 2.45) is 10.3 Å². The summed E-state index contributed by atoms with van der Waals surface area (Å²) in [7, 11) is 1.35. The maximum atomic E-state index is 10.3.